The Bertz CT molecular complexity index is 1000. The highest BCUT2D eigenvalue weighted by Gasteiger charge is 2.21. The predicted octanol–water partition coefficient (Wildman–Crippen LogP) is 2.40. The molecule has 0 aliphatic rings. The van der Waals surface area contributed by atoms with Crippen molar-refractivity contribution < 1.29 is 18.7 Å². The number of nitrogens with one attached hydrogen (secondary N) is 1. The average Bonchev–Trinajstić information content (AvgIpc) is 2.91. The summed E-state index contributed by atoms with van der Waals surface area (Å²) in [6.45, 7) is 5.22. The second kappa shape index (κ2) is 6.80. The predicted molar refractivity (Wildman–Crippen MR) is 90.8 cm³/mol. The Morgan fingerprint density at radius 2 is 1.96 bits per heavy atom. The number of aromatic nitrogens is 3. The fourth-order valence-electron chi connectivity index (χ4n) is 2.81. The summed E-state index contributed by atoms with van der Waals surface area (Å²) in [5.74, 6) is -2.50. The lowest BCUT2D eigenvalue weighted by molar-refractivity contribution is 0.0917. The highest BCUT2D eigenvalue weighted by molar-refractivity contribution is 6.01. The number of nitrogens with zero attached hydrogens (tertiary/aromatic N) is 3. The molecule has 2 N–H and O–H groups in total. The third-order valence-electron chi connectivity index (χ3n) is 4.08. The molecule has 1 atom stereocenters. The normalized spacial score (nSPS) is 12.4. The Morgan fingerprint density at radius 1 is 1.23 bits per heavy atom. The molecule has 0 spiro atoms. The van der Waals surface area contributed by atoms with Crippen LogP contribution in [0.25, 0.3) is 5.65 Å². The van der Waals surface area contributed by atoms with Crippen LogP contribution in [0.3, 0.4) is 0 Å². The molecule has 1 aromatic carbocycles. The van der Waals surface area contributed by atoms with Gasteiger partial charge in [-0.1, -0.05) is 6.07 Å². The molecule has 3 aromatic rings. The molecule has 0 unspecified atom stereocenters. The number of aliphatic hydroxyl groups excluding tert-OH is 1. The van der Waals surface area contributed by atoms with Gasteiger partial charge in [0, 0.05) is 17.9 Å². The topological polar surface area (TPSA) is 79.5 Å². The highest BCUT2D eigenvalue weighted by atomic mass is 19.2. The number of aliphatic hydroxyl groups is 1. The molecule has 8 heteroatoms. The van der Waals surface area contributed by atoms with Crippen molar-refractivity contribution in [3.63, 3.8) is 0 Å². The number of carbonyl (C=O) groups is 1. The molecule has 0 aliphatic heterocycles. The Morgan fingerprint density at radius 3 is 2.65 bits per heavy atom. The first-order valence-electron chi connectivity index (χ1n) is 8.02. The van der Waals surface area contributed by atoms with Crippen molar-refractivity contribution in [3.05, 3.63) is 64.1 Å². The molecule has 0 saturated carbocycles. The van der Waals surface area contributed by atoms with E-state index in [0.717, 1.165) is 23.5 Å². The maximum Gasteiger partial charge on any atom is 0.257 e. The van der Waals surface area contributed by atoms with E-state index in [4.69, 9.17) is 0 Å². The summed E-state index contributed by atoms with van der Waals surface area (Å²) in [6.07, 6.45) is -1.17. The minimum atomic E-state index is -1.17. The van der Waals surface area contributed by atoms with Crippen molar-refractivity contribution in [2.75, 3.05) is 6.54 Å². The summed E-state index contributed by atoms with van der Waals surface area (Å²) in [5.41, 5.74) is 3.02. The molecule has 136 valence electrons. The van der Waals surface area contributed by atoms with Crippen LogP contribution in [0.2, 0.25) is 0 Å². The first-order chi connectivity index (χ1) is 12.3. The molecule has 26 heavy (non-hydrogen) atoms. The molecular weight excluding hydrogens is 342 g/mol. The Balaban J connectivity index is 1.81. The SMILES string of the molecule is Cc1cc(C)n2nc(C)c(C(=O)NC[C@@H](O)c3ccc(F)c(F)c3)c2n1. The number of aryl methyl sites for hydroxylation is 3. The zero-order valence-corrected chi connectivity index (χ0v) is 14.5. The second-order valence-electron chi connectivity index (χ2n) is 6.13. The molecule has 2 heterocycles. The van der Waals surface area contributed by atoms with Gasteiger partial charge in [-0.2, -0.15) is 5.10 Å². The van der Waals surface area contributed by atoms with E-state index in [1.807, 2.05) is 19.9 Å². The molecule has 6 nitrogen and oxygen atoms in total. The lowest BCUT2D eigenvalue weighted by atomic mass is 10.1. The van der Waals surface area contributed by atoms with Crippen molar-refractivity contribution in [2.45, 2.75) is 26.9 Å². The van der Waals surface area contributed by atoms with Crippen molar-refractivity contribution in [3.8, 4) is 0 Å². The van der Waals surface area contributed by atoms with Gasteiger partial charge < -0.3 is 10.4 Å². The fourth-order valence-corrected chi connectivity index (χ4v) is 2.81. The van der Waals surface area contributed by atoms with Gasteiger partial charge in [0.1, 0.15) is 5.56 Å². The smallest absolute Gasteiger partial charge is 0.257 e. The van der Waals surface area contributed by atoms with Crippen LogP contribution in [0.4, 0.5) is 8.78 Å². The summed E-state index contributed by atoms with van der Waals surface area (Å²) in [5, 5.41) is 17.0. The molecule has 3 rings (SSSR count). The van der Waals surface area contributed by atoms with E-state index < -0.39 is 23.6 Å². The standard InChI is InChI=1S/C18H18F2N4O2/c1-9-6-10(2)24-17(22-9)16(11(3)23-24)18(26)21-8-15(25)12-4-5-13(19)14(20)7-12/h4-7,15,25H,8H2,1-3H3,(H,21,26)/t15-/m1/s1. The summed E-state index contributed by atoms with van der Waals surface area (Å²) in [6, 6.07) is 4.96. The number of amides is 1. The molecule has 2 aromatic heterocycles. The van der Waals surface area contributed by atoms with Crippen LogP contribution < -0.4 is 5.32 Å². The number of rotatable bonds is 4. The van der Waals surface area contributed by atoms with Gasteiger partial charge in [0.15, 0.2) is 17.3 Å². The maximum absolute atomic E-state index is 13.3. The Hall–Kier alpha value is -2.87. The molecule has 1 amide bonds. The third kappa shape index (κ3) is 3.28. The van der Waals surface area contributed by atoms with Crippen molar-refractivity contribution >= 4 is 11.6 Å². The summed E-state index contributed by atoms with van der Waals surface area (Å²) < 4.78 is 27.8. The van der Waals surface area contributed by atoms with E-state index in [9.17, 15) is 18.7 Å². The van der Waals surface area contributed by atoms with Gasteiger partial charge in [0.25, 0.3) is 5.91 Å². The van der Waals surface area contributed by atoms with Crippen LogP contribution >= 0.6 is 0 Å². The number of hydrogen-bond acceptors (Lipinski definition) is 4. The molecule has 0 bridgehead atoms. The molecule has 0 fully saturated rings. The van der Waals surface area contributed by atoms with Gasteiger partial charge in [-0.15, -0.1) is 0 Å². The number of halogens is 2. The van der Waals surface area contributed by atoms with Crippen molar-refractivity contribution in [1.82, 2.24) is 19.9 Å². The van der Waals surface area contributed by atoms with E-state index in [1.54, 1.807) is 11.4 Å². The molecule has 0 radical (unpaired) electrons. The van der Waals surface area contributed by atoms with Crippen LogP contribution in [0.5, 0.6) is 0 Å². The van der Waals surface area contributed by atoms with Gasteiger partial charge in [-0.05, 0) is 44.5 Å². The minimum Gasteiger partial charge on any atom is -0.387 e. The lowest BCUT2D eigenvalue weighted by Crippen LogP contribution is -2.29. The van der Waals surface area contributed by atoms with Gasteiger partial charge >= 0.3 is 0 Å². The fraction of sp³-hybridized carbons (Fsp3) is 0.278. The van der Waals surface area contributed by atoms with E-state index >= 15 is 0 Å². The largest absolute Gasteiger partial charge is 0.387 e. The minimum absolute atomic E-state index is 0.161. The first-order valence-corrected chi connectivity index (χ1v) is 8.02. The van der Waals surface area contributed by atoms with E-state index in [1.165, 1.54) is 6.07 Å². The Kier molecular flexibility index (Phi) is 4.69. The lowest BCUT2D eigenvalue weighted by Gasteiger charge is -2.12. The van der Waals surface area contributed by atoms with Crippen LogP contribution in [-0.4, -0.2) is 32.2 Å². The zero-order chi connectivity index (χ0) is 19.0. The van der Waals surface area contributed by atoms with Crippen molar-refractivity contribution in [1.29, 1.82) is 0 Å². The average molecular weight is 360 g/mol. The van der Waals surface area contributed by atoms with Crippen LogP contribution in [-0.2, 0) is 0 Å². The van der Waals surface area contributed by atoms with E-state index in [-0.39, 0.29) is 12.1 Å². The summed E-state index contributed by atoms with van der Waals surface area (Å²) in [4.78, 5) is 16.9. The van der Waals surface area contributed by atoms with Gasteiger partial charge in [0.2, 0.25) is 0 Å². The van der Waals surface area contributed by atoms with Gasteiger partial charge in [0.05, 0.1) is 11.8 Å². The number of carbonyl (C=O) groups excluding carboxylic acids is 1. The quantitative estimate of drug-likeness (QED) is 0.749. The summed E-state index contributed by atoms with van der Waals surface area (Å²) in [7, 11) is 0. The number of hydrogen-bond donors (Lipinski definition) is 2. The zero-order valence-electron chi connectivity index (χ0n) is 14.5. The Labute approximate surface area is 148 Å². The van der Waals surface area contributed by atoms with E-state index in [0.29, 0.717) is 16.9 Å². The monoisotopic (exact) mass is 360 g/mol. The van der Waals surface area contributed by atoms with Crippen LogP contribution in [0, 0.1) is 32.4 Å². The molecule has 0 saturated heterocycles. The first kappa shape index (κ1) is 17.9. The van der Waals surface area contributed by atoms with Crippen LogP contribution in [0.15, 0.2) is 24.3 Å². The van der Waals surface area contributed by atoms with Crippen LogP contribution in [0.1, 0.15) is 39.1 Å². The number of benzene rings is 1. The van der Waals surface area contributed by atoms with Crippen molar-refractivity contribution in [2.24, 2.45) is 0 Å². The molecular formula is C18H18F2N4O2. The number of fused-ring (bicyclic) bond motifs is 1. The third-order valence-corrected chi connectivity index (χ3v) is 4.08. The van der Waals surface area contributed by atoms with Gasteiger partial charge in [-0.3, -0.25) is 4.79 Å². The maximum atomic E-state index is 13.3. The second-order valence-corrected chi connectivity index (χ2v) is 6.13. The highest BCUT2D eigenvalue weighted by Crippen LogP contribution is 2.18. The van der Waals surface area contributed by atoms with Gasteiger partial charge in [-0.25, -0.2) is 18.3 Å². The summed E-state index contributed by atoms with van der Waals surface area (Å²) >= 11 is 0. The molecule has 0 aliphatic carbocycles. The van der Waals surface area contributed by atoms with E-state index in [2.05, 4.69) is 15.4 Å².